The van der Waals surface area contributed by atoms with Crippen LogP contribution in [0.3, 0.4) is 0 Å². The number of benzene rings is 9. The highest BCUT2D eigenvalue weighted by molar-refractivity contribution is 9.10. The Morgan fingerprint density at radius 3 is 1.37 bits per heavy atom. The summed E-state index contributed by atoms with van der Waals surface area (Å²) in [7, 11) is 0. The molecule has 320 valence electrons. The number of para-hydroxylation sites is 6. The van der Waals surface area contributed by atoms with Crippen molar-refractivity contribution in [3.05, 3.63) is 251 Å². The number of anilines is 5. The minimum absolute atomic E-state index is 0.0394. The van der Waals surface area contributed by atoms with E-state index in [0.29, 0.717) is 5.95 Å². The summed E-state index contributed by atoms with van der Waals surface area (Å²) in [4.78, 5) is 14.1. The molecule has 1 aromatic heterocycles. The number of nitrogens with two attached hydrogens (primary N) is 3. The number of hydrogen-bond acceptors (Lipinski definition) is 7. The third-order valence-corrected chi connectivity index (χ3v) is 10.7. The standard InChI is InChI=1S/C19H15N3.C18H16N2.C12H9Br.C6H6N2O2/c20-19-21-17-8-4-5-9-18(17)22(19)16-12-10-15(11-13-16)14-6-2-1-3-7-14;19-17-8-4-5-9-18(17)20-16-12-10-15(11-13-16)14-6-2-1-3-7-14;13-12-8-6-11(7-9-12)10-4-2-1-3-5-10;7-5-3-1-2-4-6(5)8(9)10/h1-13H,(H2,20,21);1-13,20H,19H2;1-9H;1-4H,7H2. The summed E-state index contributed by atoms with van der Waals surface area (Å²) >= 11 is 3.42. The lowest BCUT2D eigenvalue weighted by molar-refractivity contribution is -0.383. The van der Waals surface area contributed by atoms with Crippen LogP contribution in [0.4, 0.5) is 34.4 Å². The van der Waals surface area contributed by atoms with Crippen molar-refractivity contribution in [1.29, 1.82) is 0 Å². The van der Waals surface area contributed by atoms with E-state index in [0.717, 1.165) is 38.3 Å². The number of fused-ring (bicyclic) bond motifs is 1. The van der Waals surface area contributed by atoms with Gasteiger partial charge in [-0.25, -0.2) is 4.98 Å². The fraction of sp³-hybridized carbons (Fsp3) is 0. The van der Waals surface area contributed by atoms with E-state index in [9.17, 15) is 10.1 Å². The number of nitrogens with one attached hydrogen (secondary N) is 1. The molecule has 9 nitrogen and oxygen atoms in total. The SMILES string of the molecule is Brc1ccc(-c2ccccc2)cc1.Nc1ccccc1Nc1ccc(-c2ccccc2)cc1.Nc1ccccc1[N+](=O)[O-].Nc1nc2ccccc2n1-c1ccc(-c2ccccc2)cc1. The van der Waals surface area contributed by atoms with Crippen LogP contribution in [-0.4, -0.2) is 14.5 Å². The first-order chi connectivity index (χ1) is 31.7. The molecule has 0 saturated heterocycles. The molecule has 10 aromatic rings. The van der Waals surface area contributed by atoms with Gasteiger partial charge in [0.1, 0.15) is 5.69 Å². The van der Waals surface area contributed by atoms with Gasteiger partial charge in [-0.05, 0) is 100 Å². The Hall–Kier alpha value is -8.47. The van der Waals surface area contributed by atoms with E-state index >= 15 is 0 Å². The summed E-state index contributed by atoms with van der Waals surface area (Å²) < 4.78 is 3.09. The van der Waals surface area contributed by atoms with Crippen molar-refractivity contribution >= 4 is 61.3 Å². The first-order valence-electron chi connectivity index (χ1n) is 20.7. The summed E-state index contributed by atoms with van der Waals surface area (Å²) in [5.74, 6) is 0.508. The zero-order chi connectivity index (χ0) is 45.4. The van der Waals surface area contributed by atoms with E-state index in [1.54, 1.807) is 12.1 Å². The van der Waals surface area contributed by atoms with Gasteiger partial charge >= 0.3 is 0 Å². The fourth-order valence-electron chi connectivity index (χ4n) is 6.82. The molecule has 0 aliphatic rings. The van der Waals surface area contributed by atoms with Crippen LogP contribution in [0.2, 0.25) is 0 Å². The molecule has 7 N–H and O–H groups in total. The molecule has 0 saturated carbocycles. The lowest BCUT2D eigenvalue weighted by Gasteiger charge is -2.10. The van der Waals surface area contributed by atoms with Gasteiger partial charge < -0.3 is 22.5 Å². The van der Waals surface area contributed by atoms with Crippen molar-refractivity contribution in [1.82, 2.24) is 9.55 Å². The monoisotopic (exact) mass is 915 g/mol. The maximum atomic E-state index is 10.1. The number of hydrogen-bond donors (Lipinski definition) is 4. The minimum atomic E-state index is -0.505. The topological polar surface area (TPSA) is 151 Å². The van der Waals surface area contributed by atoms with Gasteiger partial charge in [0.15, 0.2) is 0 Å². The molecule has 0 radical (unpaired) electrons. The zero-order valence-corrected chi connectivity index (χ0v) is 36.9. The predicted octanol–water partition coefficient (Wildman–Crippen LogP) is 14.2. The molecule has 0 bridgehead atoms. The van der Waals surface area contributed by atoms with Crippen molar-refractivity contribution < 1.29 is 4.92 Å². The molecule has 0 spiro atoms. The van der Waals surface area contributed by atoms with E-state index in [1.807, 2.05) is 95.6 Å². The number of imidazole rings is 1. The van der Waals surface area contributed by atoms with Crippen LogP contribution >= 0.6 is 15.9 Å². The van der Waals surface area contributed by atoms with Crippen molar-refractivity contribution in [2.45, 2.75) is 0 Å². The van der Waals surface area contributed by atoms with Crippen LogP contribution in [0, 0.1) is 10.1 Å². The molecule has 0 atom stereocenters. The normalized spacial score (nSPS) is 10.2. The lowest BCUT2D eigenvalue weighted by atomic mass is 10.1. The molecule has 0 fully saturated rings. The number of aromatic nitrogens is 2. The van der Waals surface area contributed by atoms with Crippen LogP contribution in [0.25, 0.3) is 50.1 Å². The molecular formula is C55H46BrN7O2. The fourth-order valence-corrected chi connectivity index (χ4v) is 7.08. The summed E-state index contributed by atoms with van der Waals surface area (Å²) in [6.45, 7) is 0. The van der Waals surface area contributed by atoms with E-state index in [2.05, 4.69) is 148 Å². The van der Waals surface area contributed by atoms with Gasteiger partial charge in [-0.15, -0.1) is 0 Å². The lowest BCUT2D eigenvalue weighted by Crippen LogP contribution is -2.00. The molecule has 65 heavy (non-hydrogen) atoms. The third kappa shape index (κ3) is 12.1. The quantitative estimate of drug-likeness (QED) is 0.0706. The summed E-state index contributed by atoms with van der Waals surface area (Å²) in [6, 6.07) is 77.9. The molecular weight excluding hydrogens is 871 g/mol. The van der Waals surface area contributed by atoms with Crippen LogP contribution in [0.1, 0.15) is 0 Å². The van der Waals surface area contributed by atoms with Gasteiger partial charge in [0, 0.05) is 21.9 Å². The van der Waals surface area contributed by atoms with Crippen LogP contribution in [0.5, 0.6) is 0 Å². The zero-order valence-electron chi connectivity index (χ0n) is 35.3. The molecule has 9 aromatic carbocycles. The van der Waals surface area contributed by atoms with E-state index < -0.39 is 4.92 Å². The number of rotatable bonds is 7. The Balaban J connectivity index is 0.000000135. The Labute approximate surface area is 386 Å². The maximum absolute atomic E-state index is 10.1. The van der Waals surface area contributed by atoms with Gasteiger partial charge in [0.2, 0.25) is 5.95 Å². The van der Waals surface area contributed by atoms with Gasteiger partial charge in [-0.1, -0.05) is 180 Å². The van der Waals surface area contributed by atoms with Crippen molar-refractivity contribution in [3.63, 3.8) is 0 Å². The van der Waals surface area contributed by atoms with Crippen LogP contribution < -0.4 is 22.5 Å². The molecule has 0 aliphatic heterocycles. The number of nitrogens with zero attached hydrogens (tertiary/aromatic N) is 3. The first kappa shape index (κ1) is 44.6. The van der Waals surface area contributed by atoms with E-state index in [-0.39, 0.29) is 11.4 Å². The summed E-state index contributed by atoms with van der Waals surface area (Å²) in [5, 5.41) is 13.5. The summed E-state index contributed by atoms with van der Waals surface area (Å²) in [6.07, 6.45) is 0. The highest BCUT2D eigenvalue weighted by Gasteiger charge is 2.10. The second kappa shape index (κ2) is 22.1. The van der Waals surface area contributed by atoms with Crippen molar-refractivity contribution in [2.24, 2.45) is 0 Å². The van der Waals surface area contributed by atoms with Crippen LogP contribution in [0.15, 0.2) is 241 Å². The summed E-state index contributed by atoms with van der Waals surface area (Å²) in [5.41, 5.74) is 30.4. The number of nitro benzene ring substituents is 1. The van der Waals surface area contributed by atoms with Crippen molar-refractivity contribution in [3.8, 4) is 39.1 Å². The van der Waals surface area contributed by atoms with E-state index in [1.165, 1.54) is 45.5 Å². The van der Waals surface area contributed by atoms with Gasteiger partial charge in [0.25, 0.3) is 5.69 Å². The Kier molecular flexibility index (Phi) is 15.1. The Morgan fingerprint density at radius 1 is 0.462 bits per heavy atom. The molecule has 0 amide bonds. The average molecular weight is 917 g/mol. The highest BCUT2D eigenvalue weighted by Crippen LogP contribution is 2.28. The predicted molar refractivity (Wildman–Crippen MR) is 274 cm³/mol. The van der Waals surface area contributed by atoms with Gasteiger partial charge in [-0.2, -0.15) is 0 Å². The second-order valence-electron chi connectivity index (χ2n) is 14.6. The number of nitrogen functional groups attached to an aromatic ring is 3. The largest absolute Gasteiger partial charge is 0.397 e. The second-order valence-corrected chi connectivity index (χ2v) is 15.5. The average Bonchev–Trinajstić information content (AvgIpc) is 3.70. The maximum Gasteiger partial charge on any atom is 0.292 e. The molecule has 10 rings (SSSR count). The smallest absolute Gasteiger partial charge is 0.292 e. The molecule has 0 aliphatic carbocycles. The molecule has 1 heterocycles. The molecule has 0 unspecified atom stereocenters. The molecule has 10 heteroatoms. The Bertz CT molecular complexity index is 3060. The minimum Gasteiger partial charge on any atom is -0.397 e. The van der Waals surface area contributed by atoms with Gasteiger partial charge in [-0.3, -0.25) is 14.7 Å². The number of halogens is 1. The first-order valence-corrected chi connectivity index (χ1v) is 21.5. The van der Waals surface area contributed by atoms with Crippen molar-refractivity contribution in [2.75, 3.05) is 22.5 Å². The van der Waals surface area contributed by atoms with Gasteiger partial charge in [0.05, 0.1) is 27.3 Å². The third-order valence-electron chi connectivity index (χ3n) is 10.1. The number of nitro groups is 1. The Morgan fingerprint density at radius 2 is 0.877 bits per heavy atom. The van der Waals surface area contributed by atoms with Crippen LogP contribution in [-0.2, 0) is 0 Å². The van der Waals surface area contributed by atoms with E-state index in [4.69, 9.17) is 17.2 Å². The highest BCUT2D eigenvalue weighted by atomic mass is 79.9.